The van der Waals surface area contributed by atoms with Crippen molar-refractivity contribution < 1.29 is 14.4 Å². The first-order chi connectivity index (χ1) is 13.5. The van der Waals surface area contributed by atoms with Gasteiger partial charge in [0, 0.05) is 30.3 Å². The first-order valence-corrected chi connectivity index (χ1v) is 9.66. The van der Waals surface area contributed by atoms with Crippen LogP contribution in [0.2, 0.25) is 5.02 Å². The van der Waals surface area contributed by atoms with Gasteiger partial charge in [-0.05, 0) is 49.2 Å². The third kappa shape index (κ3) is 4.02. The van der Waals surface area contributed by atoms with Gasteiger partial charge in [-0.3, -0.25) is 14.4 Å². The second kappa shape index (κ2) is 7.64. The van der Waals surface area contributed by atoms with Crippen LogP contribution >= 0.6 is 11.6 Å². The Morgan fingerprint density at radius 1 is 0.893 bits per heavy atom. The molecular weight excluding hydrogens is 378 g/mol. The van der Waals surface area contributed by atoms with Crippen molar-refractivity contribution in [2.45, 2.75) is 19.3 Å². The summed E-state index contributed by atoms with van der Waals surface area (Å²) in [6.07, 6.45) is 2.04. The highest BCUT2D eigenvalue weighted by molar-refractivity contribution is 6.33. The molecule has 1 saturated heterocycles. The normalized spacial score (nSPS) is 18.8. The molecule has 4 rings (SSSR count). The number of benzene rings is 2. The molecule has 3 amide bonds. The van der Waals surface area contributed by atoms with Crippen molar-refractivity contribution >= 4 is 46.4 Å². The molecule has 0 aromatic heterocycles. The number of anilines is 3. The molecule has 2 aliphatic rings. The molecule has 1 saturated carbocycles. The van der Waals surface area contributed by atoms with Crippen molar-refractivity contribution in [2.24, 2.45) is 11.8 Å². The van der Waals surface area contributed by atoms with Crippen LogP contribution < -0.4 is 15.5 Å². The van der Waals surface area contributed by atoms with E-state index in [2.05, 4.69) is 10.6 Å². The summed E-state index contributed by atoms with van der Waals surface area (Å²) in [5.41, 5.74) is 1.95. The number of para-hydroxylation sites is 1. The van der Waals surface area contributed by atoms with Crippen LogP contribution in [-0.2, 0) is 14.4 Å². The van der Waals surface area contributed by atoms with E-state index in [1.165, 1.54) is 0 Å². The van der Waals surface area contributed by atoms with E-state index in [9.17, 15) is 14.4 Å². The Labute approximate surface area is 167 Å². The number of amides is 3. The number of rotatable bonds is 5. The van der Waals surface area contributed by atoms with Crippen LogP contribution in [0.15, 0.2) is 48.5 Å². The van der Waals surface area contributed by atoms with Gasteiger partial charge in [-0.2, -0.15) is 0 Å². The molecule has 0 bridgehead atoms. The van der Waals surface area contributed by atoms with Gasteiger partial charge < -0.3 is 15.5 Å². The number of halogens is 1. The first kappa shape index (κ1) is 18.5. The Morgan fingerprint density at radius 3 is 2.04 bits per heavy atom. The fraction of sp³-hybridized carbons (Fsp3) is 0.286. The number of carbonyl (C=O) groups is 3. The van der Waals surface area contributed by atoms with Gasteiger partial charge in [-0.1, -0.05) is 23.7 Å². The quantitative estimate of drug-likeness (QED) is 0.807. The van der Waals surface area contributed by atoms with Gasteiger partial charge in [0.15, 0.2) is 0 Å². The predicted octanol–water partition coefficient (Wildman–Crippen LogP) is 3.68. The van der Waals surface area contributed by atoms with E-state index in [0.29, 0.717) is 28.6 Å². The minimum atomic E-state index is -0.446. The van der Waals surface area contributed by atoms with Crippen molar-refractivity contribution in [1.29, 1.82) is 0 Å². The minimum absolute atomic E-state index is 0.0425. The highest BCUT2D eigenvalue weighted by atomic mass is 35.5. The molecule has 28 heavy (non-hydrogen) atoms. The van der Waals surface area contributed by atoms with Crippen molar-refractivity contribution in [3.63, 3.8) is 0 Å². The van der Waals surface area contributed by atoms with Gasteiger partial charge in [0.25, 0.3) is 0 Å². The molecule has 0 radical (unpaired) electrons. The summed E-state index contributed by atoms with van der Waals surface area (Å²) in [5.74, 6) is -0.594. The Kier molecular flexibility index (Phi) is 5.05. The molecule has 144 valence electrons. The number of carbonyl (C=O) groups excluding carboxylic acids is 3. The fourth-order valence-electron chi connectivity index (χ4n) is 3.26. The summed E-state index contributed by atoms with van der Waals surface area (Å²) >= 11 is 6.18. The zero-order chi connectivity index (χ0) is 19.7. The average molecular weight is 398 g/mol. The van der Waals surface area contributed by atoms with Crippen LogP contribution in [-0.4, -0.2) is 24.3 Å². The zero-order valence-corrected chi connectivity index (χ0v) is 15.9. The summed E-state index contributed by atoms with van der Waals surface area (Å²) in [7, 11) is 0. The van der Waals surface area contributed by atoms with Crippen LogP contribution in [0.5, 0.6) is 0 Å². The van der Waals surface area contributed by atoms with Crippen molar-refractivity contribution in [2.75, 3.05) is 22.1 Å². The molecule has 2 fully saturated rings. The topological polar surface area (TPSA) is 78.5 Å². The van der Waals surface area contributed by atoms with E-state index < -0.39 is 5.92 Å². The second-order valence-corrected chi connectivity index (χ2v) is 7.59. The van der Waals surface area contributed by atoms with Crippen molar-refractivity contribution in [3.8, 4) is 0 Å². The third-order valence-electron chi connectivity index (χ3n) is 5.01. The van der Waals surface area contributed by atoms with Gasteiger partial charge in [-0.15, -0.1) is 0 Å². The van der Waals surface area contributed by atoms with E-state index >= 15 is 0 Å². The molecule has 2 N–H and O–H groups in total. The van der Waals surface area contributed by atoms with E-state index in [1.807, 2.05) is 6.07 Å². The second-order valence-electron chi connectivity index (χ2n) is 7.19. The molecule has 6 nitrogen and oxygen atoms in total. The Morgan fingerprint density at radius 2 is 1.46 bits per heavy atom. The number of hydrogen-bond donors (Lipinski definition) is 2. The molecule has 2 aromatic rings. The van der Waals surface area contributed by atoms with Gasteiger partial charge in [0.05, 0.1) is 16.6 Å². The van der Waals surface area contributed by atoms with Gasteiger partial charge >= 0.3 is 0 Å². The smallest absolute Gasteiger partial charge is 0.229 e. The lowest BCUT2D eigenvalue weighted by atomic mass is 10.1. The standard InChI is InChI=1S/C21H20ClN3O3/c22-17-3-1-2-4-18(17)25-12-14(11-19(25)26)21(28)24-16-9-7-15(8-10-16)23-20(27)13-5-6-13/h1-4,7-10,13-14H,5-6,11-12H2,(H,23,27)(H,24,28). The molecule has 0 spiro atoms. The lowest BCUT2D eigenvalue weighted by molar-refractivity contribution is -0.122. The first-order valence-electron chi connectivity index (χ1n) is 9.28. The summed E-state index contributed by atoms with van der Waals surface area (Å²) < 4.78 is 0. The SMILES string of the molecule is O=C(Nc1ccc(NC(=O)C2CC(=O)N(c3ccccc3Cl)C2)cc1)C1CC1. The van der Waals surface area contributed by atoms with E-state index in [1.54, 1.807) is 47.4 Å². The predicted molar refractivity (Wildman–Crippen MR) is 108 cm³/mol. The molecule has 1 unspecified atom stereocenters. The van der Waals surface area contributed by atoms with Crippen LogP contribution in [0.3, 0.4) is 0 Å². The molecule has 7 heteroatoms. The zero-order valence-electron chi connectivity index (χ0n) is 15.2. The van der Waals surface area contributed by atoms with E-state index in [0.717, 1.165) is 12.8 Å². The maximum Gasteiger partial charge on any atom is 0.229 e. The Balaban J connectivity index is 1.36. The third-order valence-corrected chi connectivity index (χ3v) is 5.33. The molecule has 1 aliphatic carbocycles. The summed E-state index contributed by atoms with van der Waals surface area (Å²) in [4.78, 5) is 38.3. The van der Waals surface area contributed by atoms with Crippen molar-refractivity contribution in [3.05, 3.63) is 53.6 Å². The summed E-state index contributed by atoms with van der Waals surface area (Å²) in [6, 6.07) is 14.1. The number of nitrogens with zero attached hydrogens (tertiary/aromatic N) is 1. The lowest BCUT2D eigenvalue weighted by Gasteiger charge is -2.18. The van der Waals surface area contributed by atoms with Crippen LogP contribution in [0.25, 0.3) is 0 Å². The van der Waals surface area contributed by atoms with E-state index in [4.69, 9.17) is 11.6 Å². The maximum absolute atomic E-state index is 12.6. The largest absolute Gasteiger partial charge is 0.326 e. The number of nitrogens with one attached hydrogen (secondary N) is 2. The van der Waals surface area contributed by atoms with Crippen molar-refractivity contribution in [1.82, 2.24) is 0 Å². The van der Waals surface area contributed by atoms with Crippen LogP contribution in [0, 0.1) is 11.8 Å². The van der Waals surface area contributed by atoms with Crippen LogP contribution in [0.1, 0.15) is 19.3 Å². The summed E-state index contributed by atoms with van der Waals surface area (Å²) in [5, 5.41) is 6.19. The monoisotopic (exact) mass is 397 g/mol. The van der Waals surface area contributed by atoms with E-state index in [-0.39, 0.29) is 30.1 Å². The highest BCUT2D eigenvalue weighted by Gasteiger charge is 2.36. The van der Waals surface area contributed by atoms with Gasteiger partial charge in [0.2, 0.25) is 17.7 Å². The fourth-order valence-corrected chi connectivity index (χ4v) is 3.50. The molecule has 1 aliphatic heterocycles. The average Bonchev–Trinajstić information content (AvgIpc) is 3.46. The minimum Gasteiger partial charge on any atom is -0.326 e. The molecular formula is C21H20ClN3O3. The Bertz CT molecular complexity index is 925. The van der Waals surface area contributed by atoms with Gasteiger partial charge in [-0.25, -0.2) is 0 Å². The van der Waals surface area contributed by atoms with Crippen LogP contribution in [0.4, 0.5) is 17.1 Å². The molecule has 2 aromatic carbocycles. The molecule has 1 heterocycles. The maximum atomic E-state index is 12.6. The lowest BCUT2D eigenvalue weighted by Crippen LogP contribution is -2.28. The number of hydrogen-bond acceptors (Lipinski definition) is 3. The van der Waals surface area contributed by atoms with Gasteiger partial charge in [0.1, 0.15) is 0 Å². The molecule has 1 atom stereocenters. The Hall–Kier alpha value is -2.86. The summed E-state index contributed by atoms with van der Waals surface area (Å²) in [6.45, 7) is 0.296. The highest BCUT2D eigenvalue weighted by Crippen LogP contribution is 2.32.